The third kappa shape index (κ3) is 4.08. The van der Waals surface area contributed by atoms with Crippen molar-refractivity contribution in [1.29, 1.82) is 0 Å². The van der Waals surface area contributed by atoms with Crippen LogP contribution in [0.15, 0.2) is 54.7 Å². The molecule has 2 aromatic heterocycles. The summed E-state index contributed by atoms with van der Waals surface area (Å²) in [5.74, 6) is -1.41. The van der Waals surface area contributed by atoms with E-state index < -0.39 is 11.9 Å². The number of fused-ring (bicyclic) bond motifs is 1. The topological polar surface area (TPSA) is 105 Å². The fourth-order valence-corrected chi connectivity index (χ4v) is 6.05. The van der Waals surface area contributed by atoms with E-state index in [4.69, 9.17) is 0 Å². The Kier molecular flexibility index (Phi) is 5.66. The van der Waals surface area contributed by atoms with E-state index >= 15 is 0 Å². The van der Waals surface area contributed by atoms with E-state index in [1.54, 1.807) is 19.2 Å². The molecule has 8 nitrogen and oxygen atoms in total. The quantitative estimate of drug-likeness (QED) is 0.356. The highest BCUT2D eigenvalue weighted by Crippen LogP contribution is 2.64. The summed E-state index contributed by atoms with van der Waals surface area (Å²) < 4.78 is 15.8. The van der Waals surface area contributed by atoms with Gasteiger partial charge >= 0.3 is 0 Å². The molecule has 1 unspecified atom stereocenters. The molecule has 4 aromatic rings. The Morgan fingerprint density at radius 3 is 2.53 bits per heavy atom. The van der Waals surface area contributed by atoms with Crippen molar-refractivity contribution < 1.29 is 14.0 Å². The van der Waals surface area contributed by atoms with Crippen LogP contribution in [0.2, 0.25) is 0 Å². The second-order valence-electron chi connectivity index (χ2n) is 10.5. The lowest BCUT2D eigenvalue weighted by molar-refractivity contribution is -0.118. The monoisotopic (exact) mass is 512 g/mol. The minimum atomic E-state index is -0.888. The van der Waals surface area contributed by atoms with E-state index in [1.165, 1.54) is 23.0 Å². The van der Waals surface area contributed by atoms with Gasteiger partial charge in [-0.2, -0.15) is 10.2 Å². The molecule has 1 saturated carbocycles. The summed E-state index contributed by atoms with van der Waals surface area (Å²) in [6.07, 6.45) is 4.17. The Bertz CT molecular complexity index is 1530. The van der Waals surface area contributed by atoms with Crippen LogP contribution in [0.4, 0.5) is 10.1 Å². The average Bonchev–Trinajstić information content (AvgIpc) is 3.21. The van der Waals surface area contributed by atoms with Gasteiger partial charge in [-0.05, 0) is 85.5 Å². The number of carbonyl (C=O) groups is 2. The third-order valence-corrected chi connectivity index (χ3v) is 8.06. The molecule has 1 spiro atoms. The molecule has 2 atom stereocenters. The van der Waals surface area contributed by atoms with Gasteiger partial charge in [-0.25, -0.2) is 4.39 Å². The number of halogens is 1. The molecule has 0 bridgehead atoms. The molecule has 3 N–H and O–H groups in total. The third-order valence-electron chi connectivity index (χ3n) is 8.06. The van der Waals surface area contributed by atoms with E-state index in [9.17, 15) is 14.0 Å². The first-order chi connectivity index (χ1) is 18.3. The van der Waals surface area contributed by atoms with Gasteiger partial charge in [-0.3, -0.25) is 19.4 Å². The van der Waals surface area contributed by atoms with Crippen LogP contribution in [0.25, 0.3) is 11.1 Å². The van der Waals surface area contributed by atoms with Gasteiger partial charge in [-0.15, -0.1) is 0 Å². The van der Waals surface area contributed by atoms with Crippen molar-refractivity contribution in [1.82, 2.24) is 25.3 Å². The van der Waals surface area contributed by atoms with Gasteiger partial charge in [0, 0.05) is 36.1 Å². The molecule has 194 valence electrons. The Morgan fingerprint density at radius 1 is 1.13 bits per heavy atom. The lowest BCUT2D eigenvalue weighted by Gasteiger charge is -2.29. The van der Waals surface area contributed by atoms with Crippen molar-refractivity contribution in [2.45, 2.75) is 45.1 Å². The largest absolute Gasteiger partial charge is 0.338 e. The number of carbonyl (C=O) groups excluding carboxylic acids is 2. The van der Waals surface area contributed by atoms with Crippen LogP contribution in [-0.4, -0.2) is 37.8 Å². The zero-order valence-corrected chi connectivity index (χ0v) is 21.5. The van der Waals surface area contributed by atoms with Crippen LogP contribution >= 0.6 is 0 Å². The molecule has 1 fully saturated rings. The zero-order valence-electron chi connectivity index (χ0n) is 21.5. The van der Waals surface area contributed by atoms with Crippen LogP contribution in [0.3, 0.4) is 0 Å². The summed E-state index contributed by atoms with van der Waals surface area (Å²) in [4.78, 5) is 27.1. The maximum absolute atomic E-state index is 14.4. The van der Waals surface area contributed by atoms with Crippen LogP contribution in [0.1, 0.15) is 51.8 Å². The molecule has 38 heavy (non-hydrogen) atoms. The van der Waals surface area contributed by atoms with Crippen LogP contribution < -0.4 is 10.6 Å². The summed E-state index contributed by atoms with van der Waals surface area (Å²) >= 11 is 0. The molecule has 2 amide bonds. The number of H-pyrrole nitrogens is 1. The summed E-state index contributed by atoms with van der Waals surface area (Å²) in [6.45, 7) is 3.91. The first-order valence-corrected chi connectivity index (χ1v) is 12.8. The highest BCUT2D eigenvalue weighted by molar-refractivity contribution is 6.01. The molecule has 0 radical (unpaired) electrons. The maximum atomic E-state index is 14.4. The Labute approximate surface area is 219 Å². The molecular weight excluding hydrogens is 483 g/mol. The molecule has 2 aromatic carbocycles. The van der Waals surface area contributed by atoms with Crippen molar-refractivity contribution in [3.05, 3.63) is 88.8 Å². The van der Waals surface area contributed by atoms with E-state index in [0.717, 1.165) is 52.9 Å². The Balaban J connectivity index is 1.32. The van der Waals surface area contributed by atoms with Crippen molar-refractivity contribution in [2.24, 2.45) is 12.5 Å². The second kappa shape index (κ2) is 8.93. The van der Waals surface area contributed by atoms with Gasteiger partial charge in [0.1, 0.15) is 17.6 Å². The second-order valence-corrected chi connectivity index (χ2v) is 10.5. The summed E-state index contributed by atoms with van der Waals surface area (Å²) in [6, 6.07) is 13.1. The van der Waals surface area contributed by atoms with E-state index in [2.05, 4.69) is 25.9 Å². The number of anilines is 1. The van der Waals surface area contributed by atoms with Crippen molar-refractivity contribution in [3.63, 3.8) is 0 Å². The number of aromatic amines is 1. The highest BCUT2D eigenvalue weighted by Gasteiger charge is 2.58. The lowest BCUT2D eigenvalue weighted by atomic mass is 9.82. The zero-order chi connectivity index (χ0) is 26.6. The smallest absolute Gasteiger partial charge is 0.270 e. The van der Waals surface area contributed by atoms with Gasteiger partial charge in [-0.1, -0.05) is 18.2 Å². The minimum absolute atomic E-state index is 0.155. The number of rotatable bonds is 6. The standard InChI is InChI=1S/C29H29FN6O2/c1-16-24(17(2)35-34-16)18-5-8-21(9-6-18)32-28(38)26(33-27(37)23-10-13-31-36(23)3)25-22-14-20(30)7-4-19(22)15-29(25)11-12-29/h4-10,13-14,25-26H,11-12,15H2,1-3H3,(H,32,38)(H,33,37)(H,34,35)/t25?,26-/m0/s1. The van der Waals surface area contributed by atoms with Gasteiger partial charge < -0.3 is 10.6 Å². The van der Waals surface area contributed by atoms with Crippen molar-refractivity contribution in [2.75, 3.05) is 5.32 Å². The molecule has 2 aliphatic carbocycles. The molecule has 6 rings (SSSR count). The molecule has 0 saturated heterocycles. The summed E-state index contributed by atoms with van der Waals surface area (Å²) in [7, 11) is 1.68. The first kappa shape index (κ1) is 24.1. The Morgan fingerprint density at radius 2 is 1.89 bits per heavy atom. The number of hydrogen-bond donors (Lipinski definition) is 3. The van der Waals surface area contributed by atoms with E-state index in [0.29, 0.717) is 11.4 Å². The van der Waals surface area contributed by atoms with Crippen LogP contribution in [-0.2, 0) is 18.3 Å². The summed E-state index contributed by atoms with van der Waals surface area (Å²) in [5, 5.41) is 17.3. The van der Waals surface area contributed by atoms with Crippen LogP contribution in [0, 0.1) is 25.1 Å². The Hall–Kier alpha value is -4.27. The molecule has 9 heteroatoms. The van der Waals surface area contributed by atoms with E-state index in [1.807, 2.05) is 38.1 Å². The average molecular weight is 513 g/mol. The number of nitrogens with zero attached hydrogens (tertiary/aromatic N) is 3. The number of aromatic nitrogens is 4. The number of amides is 2. The SMILES string of the molecule is Cc1n[nH]c(C)c1-c1ccc(NC(=O)[C@@H](NC(=O)c2ccnn2C)C2c3cc(F)ccc3CC23CC3)cc1. The van der Waals surface area contributed by atoms with Gasteiger partial charge in [0.2, 0.25) is 5.91 Å². The minimum Gasteiger partial charge on any atom is -0.338 e. The predicted octanol–water partition coefficient (Wildman–Crippen LogP) is 4.42. The van der Waals surface area contributed by atoms with Crippen molar-refractivity contribution in [3.8, 4) is 11.1 Å². The molecule has 2 aliphatic rings. The highest BCUT2D eigenvalue weighted by atomic mass is 19.1. The predicted molar refractivity (Wildman–Crippen MR) is 141 cm³/mol. The fourth-order valence-electron chi connectivity index (χ4n) is 6.05. The number of hydrogen-bond acceptors (Lipinski definition) is 4. The molecular formula is C29H29FN6O2. The molecule has 0 aliphatic heterocycles. The normalized spacial score (nSPS) is 17.7. The number of nitrogens with one attached hydrogen (secondary N) is 3. The maximum Gasteiger partial charge on any atom is 0.270 e. The summed E-state index contributed by atoms with van der Waals surface area (Å²) in [5.41, 5.74) is 6.54. The van der Waals surface area contributed by atoms with E-state index in [-0.39, 0.29) is 23.1 Å². The van der Waals surface area contributed by atoms with Gasteiger partial charge in [0.15, 0.2) is 0 Å². The van der Waals surface area contributed by atoms with Crippen molar-refractivity contribution >= 4 is 17.5 Å². The van der Waals surface area contributed by atoms with Gasteiger partial charge in [0.25, 0.3) is 5.91 Å². The van der Waals surface area contributed by atoms with Crippen LogP contribution in [0.5, 0.6) is 0 Å². The number of aryl methyl sites for hydroxylation is 3. The van der Waals surface area contributed by atoms with Gasteiger partial charge in [0.05, 0.1) is 5.69 Å². The lowest BCUT2D eigenvalue weighted by Crippen LogP contribution is -2.49. The fraction of sp³-hybridized carbons (Fsp3) is 0.310. The molecule has 2 heterocycles. The first-order valence-electron chi connectivity index (χ1n) is 12.8. The number of benzene rings is 2.